The van der Waals surface area contributed by atoms with E-state index in [-0.39, 0.29) is 6.04 Å². The first kappa shape index (κ1) is 8.59. The van der Waals surface area contributed by atoms with Gasteiger partial charge < -0.3 is 4.85 Å². The highest BCUT2D eigenvalue weighted by molar-refractivity contribution is 4.82. The van der Waals surface area contributed by atoms with Crippen LogP contribution in [0.1, 0.15) is 45.4 Å². The monoisotopic (exact) mass is 151 g/mol. The first-order chi connectivity index (χ1) is 5.34. The molecule has 0 radical (unpaired) electrons. The SMILES string of the molecule is [C-]#[N+]C(C)C1CCCCCC1. The van der Waals surface area contributed by atoms with Gasteiger partial charge in [-0.25, -0.2) is 6.57 Å². The van der Waals surface area contributed by atoms with Gasteiger partial charge in [-0.15, -0.1) is 0 Å². The Morgan fingerprint density at radius 3 is 2.18 bits per heavy atom. The van der Waals surface area contributed by atoms with Crippen molar-refractivity contribution in [3.05, 3.63) is 11.4 Å². The number of rotatable bonds is 1. The Morgan fingerprint density at radius 2 is 1.73 bits per heavy atom. The molecule has 1 saturated carbocycles. The molecule has 0 N–H and O–H groups in total. The number of hydrogen-bond donors (Lipinski definition) is 0. The fourth-order valence-electron chi connectivity index (χ4n) is 1.90. The Kier molecular flexibility index (Phi) is 3.42. The Labute approximate surface area is 69.6 Å². The molecular weight excluding hydrogens is 134 g/mol. The van der Waals surface area contributed by atoms with E-state index >= 15 is 0 Å². The number of nitrogens with zero attached hydrogens (tertiary/aromatic N) is 1. The molecule has 1 fully saturated rings. The molecule has 0 aromatic heterocycles. The minimum Gasteiger partial charge on any atom is -0.314 e. The van der Waals surface area contributed by atoms with Crippen molar-refractivity contribution in [2.75, 3.05) is 0 Å². The van der Waals surface area contributed by atoms with Crippen molar-refractivity contribution < 1.29 is 0 Å². The lowest BCUT2D eigenvalue weighted by Crippen LogP contribution is -2.12. The minimum absolute atomic E-state index is 0.271. The molecule has 0 spiro atoms. The topological polar surface area (TPSA) is 4.36 Å². The van der Waals surface area contributed by atoms with Gasteiger partial charge in [-0.05, 0) is 12.8 Å². The van der Waals surface area contributed by atoms with E-state index in [1.807, 2.05) is 0 Å². The third kappa shape index (κ3) is 2.54. The second kappa shape index (κ2) is 4.38. The quantitative estimate of drug-likeness (QED) is 0.400. The molecular formula is C10H17N. The Morgan fingerprint density at radius 1 is 1.18 bits per heavy atom. The van der Waals surface area contributed by atoms with E-state index in [1.54, 1.807) is 0 Å². The van der Waals surface area contributed by atoms with Crippen LogP contribution >= 0.6 is 0 Å². The van der Waals surface area contributed by atoms with E-state index in [1.165, 1.54) is 38.5 Å². The molecule has 0 aliphatic heterocycles. The van der Waals surface area contributed by atoms with Crippen molar-refractivity contribution in [3.63, 3.8) is 0 Å². The second-order valence-electron chi connectivity index (χ2n) is 3.62. The van der Waals surface area contributed by atoms with Crippen molar-refractivity contribution in [2.45, 2.75) is 51.5 Å². The summed E-state index contributed by atoms with van der Waals surface area (Å²) in [6, 6.07) is 0.271. The molecule has 11 heavy (non-hydrogen) atoms. The molecule has 1 heteroatoms. The molecule has 0 amide bonds. The van der Waals surface area contributed by atoms with Gasteiger partial charge in [0.1, 0.15) is 0 Å². The fraction of sp³-hybridized carbons (Fsp3) is 0.900. The van der Waals surface area contributed by atoms with Crippen molar-refractivity contribution >= 4 is 0 Å². The van der Waals surface area contributed by atoms with Crippen LogP contribution in [0.25, 0.3) is 4.85 Å². The summed E-state index contributed by atoms with van der Waals surface area (Å²) in [5.41, 5.74) is 0. The zero-order valence-corrected chi connectivity index (χ0v) is 7.34. The van der Waals surface area contributed by atoms with Crippen molar-refractivity contribution in [1.29, 1.82) is 0 Å². The summed E-state index contributed by atoms with van der Waals surface area (Å²) in [7, 11) is 0. The van der Waals surface area contributed by atoms with E-state index in [9.17, 15) is 0 Å². The van der Waals surface area contributed by atoms with Crippen molar-refractivity contribution in [3.8, 4) is 0 Å². The van der Waals surface area contributed by atoms with Crippen LogP contribution < -0.4 is 0 Å². The third-order valence-corrected chi connectivity index (χ3v) is 2.79. The average Bonchev–Trinajstić information content (AvgIpc) is 2.30. The van der Waals surface area contributed by atoms with Gasteiger partial charge in [0.05, 0.1) is 0 Å². The van der Waals surface area contributed by atoms with Gasteiger partial charge in [-0.2, -0.15) is 0 Å². The van der Waals surface area contributed by atoms with Gasteiger partial charge in [0.25, 0.3) is 0 Å². The lowest BCUT2D eigenvalue weighted by atomic mass is 9.94. The molecule has 0 saturated heterocycles. The van der Waals surface area contributed by atoms with Crippen LogP contribution in [0, 0.1) is 12.5 Å². The van der Waals surface area contributed by atoms with Crippen LogP contribution in [0.2, 0.25) is 0 Å². The maximum atomic E-state index is 6.94. The lowest BCUT2D eigenvalue weighted by Gasteiger charge is -2.11. The van der Waals surface area contributed by atoms with Crippen LogP contribution in [0.4, 0.5) is 0 Å². The molecule has 1 aliphatic carbocycles. The van der Waals surface area contributed by atoms with Crippen LogP contribution in [-0.2, 0) is 0 Å². The zero-order chi connectivity index (χ0) is 8.10. The molecule has 0 heterocycles. The summed E-state index contributed by atoms with van der Waals surface area (Å²) in [6.45, 7) is 9.01. The second-order valence-corrected chi connectivity index (χ2v) is 3.62. The Balaban J connectivity index is 2.37. The Hall–Kier alpha value is -0.510. The Bertz CT molecular complexity index is 137. The van der Waals surface area contributed by atoms with E-state index in [4.69, 9.17) is 6.57 Å². The third-order valence-electron chi connectivity index (χ3n) is 2.79. The summed E-state index contributed by atoms with van der Waals surface area (Å²) in [4.78, 5) is 3.60. The van der Waals surface area contributed by atoms with Gasteiger partial charge in [0, 0.05) is 12.8 Å². The molecule has 0 aromatic rings. The van der Waals surface area contributed by atoms with Crippen LogP contribution in [0.5, 0.6) is 0 Å². The molecule has 1 rings (SSSR count). The zero-order valence-electron chi connectivity index (χ0n) is 7.34. The van der Waals surface area contributed by atoms with Crippen LogP contribution in [0.15, 0.2) is 0 Å². The van der Waals surface area contributed by atoms with Gasteiger partial charge in [0.2, 0.25) is 6.04 Å². The molecule has 0 bridgehead atoms. The summed E-state index contributed by atoms with van der Waals surface area (Å²) in [6.07, 6.45) is 8.07. The maximum Gasteiger partial charge on any atom is 0.223 e. The first-order valence-electron chi connectivity index (χ1n) is 4.71. The van der Waals surface area contributed by atoms with E-state index in [0.29, 0.717) is 5.92 Å². The largest absolute Gasteiger partial charge is 0.314 e. The smallest absolute Gasteiger partial charge is 0.223 e. The molecule has 1 unspecified atom stereocenters. The predicted octanol–water partition coefficient (Wildman–Crippen LogP) is 3.26. The molecule has 1 nitrogen and oxygen atoms in total. The first-order valence-corrected chi connectivity index (χ1v) is 4.71. The summed E-state index contributed by atoms with van der Waals surface area (Å²) < 4.78 is 0. The standard InChI is InChI=1S/C10H17N/c1-9(11-2)10-7-5-3-4-6-8-10/h9-10H,3-8H2,1H3. The van der Waals surface area contributed by atoms with Crippen molar-refractivity contribution in [1.82, 2.24) is 0 Å². The highest BCUT2D eigenvalue weighted by Gasteiger charge is 2.21. The highest BCUT2D eigenvalue weighted by atomic mass is 14.7. The van der Waals surface area contributed by atoms with Gasteiger partial charge in [0.15, 0.2) is 0 Å². The molecule has 62 valence electrons. The number of hydrogen-bond acceptors (Lipinski definition) is 0. The van der Waals surface area contributed by atoms with E-state index in [2.05, 4.69) is 11.8 Å². The molecule has 1 aliphatic rings. The van der Waals surface area contributed by atoms with Gasteiger partial charge in [-0.3, -0.25) is 0 Å². The fourth-order valence-corrected chi connectivity index (χ4v) is 1.90. The normalized spacial score (nSPS) is 23.6. The highest BCUT2D eigenvalue weighted by Crippen LogP contribution is 2.26. The molecule has 1 atom stereocenters. The van der Waals surface area contributed by atoms with E-state index in [0.717, 1.165) is 0 Å². The van der Waals surface area contributed by atoms with E-state index < -0.39 is 0 Å². The summed E-state index contributed by atoms with van der Waals surface area (Å²) in [5.74, 6) is 0.704. The summed E-state index contributed by atoms with van der Waals surface area (Å²) >= 11 is 0. The predicted molar refractivity (Wildman–Crippen MR) is 47.3 cm³/mol. The maximum absolute atomic E-state index is 6.94. The molecule has 0 aromatic carbocycles. The average molecular weight is 151 g/mol. The van der Waals surface area contributed by atoms with Crippen LogP contribution in [-0.4, -0.2) is 6.04 Å². The van der Waals surface area contributed by atoms with Crippen molar-refractivity contribution in [2.24, 2.45) is 5.92 Å². The minimum atomic E-state index is 0.271. The van der Waals surface area contributed by atoms with Gasteiger partial charge >= 0.3 is 0 Å². The van der Waals surface area contributed by atoms with Crippen LogP contribution in [0.3, 0.4) is 0 Å². The summed E-state index contributed by atoms with van der Waals surface area (Å²) in [5, 5.41) is 0. The lowest BCUT2D eigenvalue weighted by molar-refractivity contribution is 0.426. The van der Waals surface area contributed by atoms with Gasteiger partial charge in [-0.1, -0.05) is 25.7 Å².